The molecule has 16 heavy (non-hydrogen) atoms. The van der Waals surface area contributed by atoms with E-state index < -0.39 is 9.84 Å². The minimum atomic E-state index is -2.87. The molecule has 1 aromatic rings. The van der Waals surface area contributed by atoms with Gasteiger partial charge in [0.1, 0.15) is 0 Å². The van der Waals surface area contributed by atoms with Gasteiger partial charge in [0.25, 0.3) is 5.91 Å². The number of carbonyl (C=O) groups is 1. The molecule has 1 fully saturated rings. The van der Waals surface area contributed by atoms with Crippen LogP contribution in [0.2, 0.25) is 0 Å². The van der Waals surface area contributed by atoms with Gasteiger partial charge in [0.15, 0.2) is 15.6 Å². The van der Waals surface area contributed by atoms with Crippen LogP contribution < -0.4 is 5.32 Å². The zero-order chi connectivity index (χ0) is 11.6. The quantitative estimate of drug-likeness (QED) is 0.836. The van der Waals surface area contributed by atoms with Crippen LogP contribution in [0.5, 0.6) is 0 Å². The van der Waals surface area contributed by atoms with Crippen molar-refractivity contribution in [1.29, 1.82) is 0 Å². The van der Waals surface area contributed by atoms with Crippen molar-refractivity contribution in [1.82, 2.24) is 5.32 Å². The fourth-order valence-electron chi connectivity index (χ4n) is 1.76. The minimum Gasteiger partial charge on any atom is -0.459 e. The Bertz CT molecular complexity index is 463. The van der Waals surface area contributed by atoms with Gasteiger partial charge >= 0.3 is 0 Å². The van der Waals surface area contributed by atoms with Gasteiger partial charge < -0.3 is 9.73 Å². The maximum Gasteiger partial charge on any atom is 0.286 e. The van der Waals surface area contributed by atoms with Gasteiger partial charge in [-0.3, -0.25) is 4.79 Å². The second-order valence-corrected chi connectivity index (χ2v) is 6.19. The van der Waals surface area contributed by atoms with Gasteiger partial charge in [0.05, 0.1) is 17.8 Å². The monoisotopic (exact) mass is 243 g/mol. The van der Waals surface area contributed by atoms with E-state index in [0.29, 0.717) is 13.0 Å². The molecule has 2 rings (SSSR count). The molecule has 1 amide bonds. The van der Waals surface area contributed by atoms with E-state index in [1.54, 1.807) is 12.1 Å². The molecule has 0 spiro atoms. The lowest BCUT2D eigenvalue weighted by Gasteiger charge is -2.07. The lowest BCUT2D eigenvalue weighted by atomic mass is 10.1. The summed E-state index contributed by atoms with van der Waals surface area (Å²) in [6, 6.07) is 3.20. The fraction of sp³-hybridized carbons (Fsp3) is 0.500. The number of amides is 1. The molecule has 1 aliphatic heterocycles. The van der Waals surface area contributed by atoms with E-state index in [4.69, 9.17) is 4.42 Å². The molecule has 0 bridgehead atoms. The van der Waals surface area contributed by atoms with Crippen molar-refractivity contribution in [2.75, 3.05) is 18.1 Å². The van der Waals surface area contributed by atoms with Crippen molar-refractivity contribution in [2.45, 2.75) is 6.42 Å². The third kappa shape index (κ3) is 2.63. The summed E-state index contributed by atoms with van der Waals surface area (Å²) >= 11 is 0. The molecule has 1 N–H and O–H groups in total. The Balaban J connectivity index is 1.83. The smallest absolute Gasteiger partial charge is 0.286 e. The Morgan fingerprint density at radius 1 is 1.56 bits per heavy atom. The maximum atomic E-state index is 11.5. The first kappa shape index (κ1) is 11.2. The van der Waals surface area contributed by atoms with Crippen molar-refractivity contribution in [3.63, 3.8) is 0 Å². The van der Waals surface area contributed by atoms with E-state index in [-0.39, 0.29) is 29.1 Å². The second kappa shape index (κ2) is 4.29. The van der Waals surface area contributed by atoms with Gasteiger partial charge in [0, 0.05) is 6.54 Å². The summed E-state index contributed by atoms with van der Waals surface area (Å²) in [5, 5.41) is 2.67. The molecule has 1 aliphatic rings. The van der Waals surface area contributed by atoms with E-state index >= 15 is 0 Å². The topological polar surface area (TPSA) is 76.4 Å². The molecule has 1 aromatic heterocycles. The van der Waals surface area contributed by atoms with Crippen molar-refractivity contribution in [3.8, 4) is 0 Å². The number of nitrogens with one attached hydrogen (secondary N) is 1. The van der Waals surface area contributed by atoms with Gasteiger partial charge in [-0.1, -0.05) is 0 Å². The van der Waals surface area contributed by atoms with Gasteiger partial charge in [0.2, 0.25) is 0 Å². The van der Waals surface area contributed by atoms with Crippen LogP contribution in [0.4, 0.5) is 0 Å². The van der Waals surface area contributed by atoms with Crippen LogP contribution in [0, 0.1) is 5.92 Å². The molecule has 2 heterocycles. The highest BCUT2D eigenvalue weighted by Gasteiger charge is 2.28. The van der Waals surface area contributed by atoms with Crippen LogP contribution in [-0.4, -0.2) is 32.4 Å². The molecule has 0 aromatic carbocycles. The number of rotatable bonds is 3. The Labute approximate surface area is 93.7 Å². The number of furan rings is 1. The first-order valence-corrected chi connectivity index (χ1v) is 6.91. The summed E-state index contributed by atoms with van der Waals surface area (Å²) in [6.45, 7) is 0.388. The molecule has 6 heteroatoms. The Morgan fingerprint density at radius 2 is 2.38 bits per heavy atom. The van der Waals surface area contributed by atoms with Crippen LogP contribution in [0.3, 0.4) is 0 Å². The molecule has 0 saturated carbocycles. The zero-order valence-electron chi connectivity index (χ0n) is 8.68. The Kier molecular flexibility index (Phi) is 3.00. The standard InChI is InChI=1S/C10H13NO4S/c12-10(9-2-1-4-15-9)11-6-8-3-5-16(13,14)7-8/h1-2,4,8H,3,5-7H2,(H,11,12)/t8-/m0/s1. The highest BCUT2D eigenvalue weighted by atomic mass is 32.2. The number of hydrogen-bond donors (Lipinski definition) is 1. The fourth-order valence-corrected chi connectivity index (χ4v) is 3.63. The summed E-state index contributed by atoms with van der Waals surface area (Å²) in [7, 11) is -2.87. The lowest BCUT2D eigenvalue weighted by Crippen LogP contribution is -2.29. The van der Waals surface area contributed by atoms with Crippen LogP contribution in [0.1, 0.15) is 17.0 Å². The molecular formula is C10H13NO4S. The summed E-state index contributed by atoms with van der Waals surface area (Å²) in [5.74, 6) is 0.388. The second-order valence-electron chi connectivity index (χ2n) is 3.96. The van der Waals surface area contributed by atoms with Gasteiger partial charge in [-0.05, 0) is 24.5 Å². The van der Waals surface area contributed by atoms with Crippen LogP contribution in [0.25, 0.3) is 0 Å². The minimum absolute atomic E-state index is 0.0314. The van der Waals surface area contributed by atoms with E-state index in [1.807, 2.05) is 0 Å². The highest BCUT2D eigenvalue weighted by Crippen LogP contribution is 2.17. The van der Waals surface area contributed by atoms with Gasteiger partial charge in [-0.2, -0.15) is 0 Å². The average Bonchev–Trinajstić information content (AvgIpc) is 2.83. The number of hydrogen-bond acceptors (Lipinski definition) is 4. The Hall–Kier alpha value is -1.30. The first-order chi connectivity index (χ1) is 7.57. The normalized spacial score (nSPS) is 23.1. The molecule has 1 saturated heterocycles. The average molecular weight is 243 g/mol. The van der Waals surface area contributed by atoms with Gasteiger partial charge in [-0.25, -0.2) is 8.42 Å². The Morgan fingerprint density at radius 3 is 2.94 bits per heavy atom. The van der Waals surface area contributed by atoms with E-state index in [2.05, 4.69) is 5.32 Å². The van der Waals surface area contributed by atoms with Crippen molar-refractivity contribution in [2.24, 2.45) is 5.92 Å². The van der Waals surface area contributed by atoms with E-state index in [9.17, 15) is 13.2 Å². The first-order valence-electron chi connectivity index (χ1n) is 5.09. The largest absolute Gasteiger partial charge is 0.459 e. The summed E-state index contributed by atoms with van der Waals surface area (Å²) < 4.78 is 27.3. The SMILES string of the molecule is O=C(NC[C@@H]1CCS(=O)(=O)C1)c1ccco1. The number of carbonyl (C=O) groups excluding carboxylic acids is 1. The third-order valence-electron chi connectivity index (χ3n) is 2.62. The molecule has 0 radical (unpaired) electrons. The molecule has 0 unspecified atom stereocenters. The molecule has 88 valence electrons. The molecule has 1 atom stereocenters. The van der Waals surface area contributed by atoms with Crippen molar-refractivity contribution >= 4 is 15.7 Å². The predicted molar refractivity (Wildman–Crippen MR) is 57.8 cm³/mol. The van der Waals surface area contributed by atoms with Crippen LogP contribution in [-0.2, 0) is 9.84 Å². The summed E-state index contributed by atoms with van der Waals surface area (Å²) in [4.78, 5) is 11.5. The van der Waals surface area contributed by atoms with Crippen molar-refractivity contribution < 1.29 is 17.6 Å². The zero-order valence-corrected chi connectivity index (χ0v) is 9.50. The lowest BCUT2D eigenvalue weighted by molar-refractivity contribution is 0.0920. The van der Waals surface area contributed by atoms with E-state index in [1.165, 1.54) is 6.26 Å². The van der Waals surface area contributed by atoms with Crippen LogP contribution in [0.15, 0.2) is 22.8 Å². The molecule has 5 nitrogen and oxygen atoms in total. The summed E-state index contributed by atoms with van der Waals surface area (Å²) in [5.41, 5.74) is 0. The molecule has 0 aliphatic carbocycles. The van der Waals surface area contributed by atoms with Gasteiger partial charge in [-0.15, -0.1) is 0 Å². The van der Waals surface area contributed by atoms with E-state index in [0.717, 1.165) is 0 Å². The van der Waals surface area contributed by atoms with Crippen molar-refractivity contribution in [3.05, 3.63) is 24.2 Å². The predicted octanol–water partition coefficient (Wildman–Crippen LogP) is 0.444. The number of sulfone groups is 1. The van der Waals surface area contributed by atoms with Crippen LogP contribution >= 0.6 is 0 Å². The third-order valence-corrected chi connectivity index (χ3v) is 4.46. The highest BCUT2D eigenvalue weighted by molar-refractivity contribution is 7.91. The molecular weight excluding hydrogens is 230 g/mol. The maximum absolute atomic E-state index is 11.5. The summed E-state index contributed by atoms with van der Waals surface area (Å²) in [6.07, 6.45) is 2.05.